The van der Waals surface area contributed by atoms with Gasteiger partial charge in [-0.25, -0.2) is 4.79 Å². The molecular formula is C14H17NO5. The van der Waals surface area contributed by atoms with Crippen LogP contribution < -0.4 is 9.64 Å². The van der Waals surface area contributed by atoms with Crippen LogP contribution in [0.1, 0.15) is 12.8 Å². The zero-order chi connectivity index (χ0) is 14.5. The molecule has 1 aromatic carbocycles. The summed E-state index contributed by atoms with van der Waals surface area (Å²) in [7, 11) is 1.42. The largest absolute Gasteiger partial charge is 0.478 e. The molecule has 0 aromatic heterocycles. The molecule has 0 aliphatic carbocycles. The number of anilines is 1. The lowest BCUT2D eigenvalue weighted by Gasteiger charge is -2.18. The number of nitrogens with zero attached hydrogens (tertiary/aromatic N) is 1. The van der Waals surface area contributed by atoms with Crippen LogP contribution in [0, 0.1) is 0 Å². The molecule has 1 aliphatic rings. The minimum Gasteiger partial charge on any atom is -0.478 e. The van der Waals surface area contributed by atoms with E-state index in [0.717, 1.165) is 12.1 Å². The second-order valence-corrected chi connectivity index (χ2v) is 4.55. The number of carboxylic acid groups (broad SMARTS) is 1. The molecule has 1 aliphatic heterocycles. The quantitative estimate of drug-likeness (QED) is 0.849. The van der Waals surface area contributed by atoms with E-state index in [1.807, 2.05) is 6.07 Å². The molecule has 0 bridgehead atoms. The molecule has 0 radical (unpaired) electrons. The highest BCUT2D eigenvalue weighted by atomic mass is 16.5. The van der Waals surface area contributed by atoms with Gasteiger partial charge in [0.15, 0.2) is 0 Å². The topological polar surface area (TPSA) is 76.1 Å². The van der Waals surface area contributed by atoms with Crippen LogP contribution in [0.3, 0.4) is 0 Å². The fourth-order valence-electron chi connectivity index (χ4n) is 2.12. The number of hydrogen-bond acceptors (Lipinski definition) is 4. The Morgan fingerprint density at radius 1 is 1.50 bits per heavy atom. The van der Waals surface area contributed by atoms with Crippen molar-refractivity contribution in [2.45, 2.75) is 18.9 Å². The van der Waals surface area contributed by atoms with Crippen LogP contribution in [0.4, 0.5) is 5.69 Å². The van der Waals surface area contributed by atoms with Crippen molar-refractivity contribution in [3.63, 3.8) is 0 Å². The molecule has 20 heavy (non-hydrogen) atoms. The maximum absolute atomic E-state index is 11.7. The van der Waals surface area contributed by atoms with Gasteiger partial charge in [0.1, 0.15) is 5.75 Å². The summed E-state index contributed by atoms with van der Waals surface area (Å²) in [5.41, 5.74) is 0.728. The van der Waals surface area contributed by atoms with E-state index in [1.165, 1.54) is 7.11 Å². The van der Waals surface area contributed by atoms with Gasteiger partial charge in [-0.2, -0.15) is 0 Å². The molecule has 1 amide bonds. The van der Waals surface area contributed by atoms with Gasteiger partial charge in [0.05, 0.1) is 6.61 Å². The van der Waals surface area contributed by atoms with Gasteiger partial charge in [-0.05, 0) is 18.6 Å². The van der Waals surface area contributed by atoms with E-state index in [2.05, 4.69) is 0 Å². The summed E-state index contributed by atoms with van der Waals surface area (Å²) in [6.45, 7) is 0.644. The van der Waals surface area contributed by atoms with Gasteiger partial charge < -0.3 is 19.5 Å². The Hall–Kier alpha value is -2.08. The molecular weight excluding hydrogens is 262 g/mol. The van der Waals surface area contributed by atoms with Crippen LogP contribution in [0.15, 0.2) is 24.3 Å². The third-order valence-electron chi connectivity index (χ3n) is 3.07. The van der Waals surface area contributed by atoms with E-state index in [-0.39, 0.29) is 12.5 Å². The SMILES string of the molecule is COCC(Oc1cccc(N2CCCC2=O)c1)C(=O)O. The first kappa shape index (κ1) is 14.3. The summed E-state index contributed by atoms with van der Waals surface area (Å²) < 4.78 is 10.2. The zero-order valence-electron chi connectivity index (χ0n) is 11.2. The molecule has 108 valence electrons. The molecule has 1 atom stereocenters. The zero-order valence-corrected chi connectivity index (χ0v) is 11.2. The highest BCUT2D eigenvalue weighted by Gasteiger charge is 2.23. The van der Waals surface area contributed by atoms with Crippen molar-refractivity contribution in [3.05, 3.63) is 24.3 Å². The Balaban J connectivity index is 2.12. The predicted molar refractivity (Wildman–Crippen MR) is 72.0 cm³/mol. The number of benzene rings is 1. The summed E-state index contributed by atoms with van der Waals surface area (Å²) in [5.74, 6) is -0.602. The number of aliphatic carboxylic acids is 1. The smallest absolute Gasteiger partial charge is 0.347 e. The monoisotopic (exact) mass is 279 g/mol. The maximum atomic E-state index is 11.7. The fraction of sp³-hybridized carbons (Fsp3) is 0.429. The molecule has 2 rings (SSSR count). The van der Waals surface area contributed by atoms with Crippen LogP contribution >= 0.6 is 0 Å². The highest BCUT2D eigenvalue weighted by Crippen LogP contribution is 2.25. The first-order valence-electron chi connectivity index (χ1n) is 6.40. The van der Waals surface area contributed by atoms with Crippen molar-refractivity contribution in [2.75, 3.05) is 25.2 Å². The van der Waals surface area contributed by atoms with Crippen LogP contribution in [-0.4, -0.2) is 43.3 Å². The van der Waals surface area contributed by atoms with E-state index >= 15 is 0 Å². The maximum Gasteiger partial charge on any atom is 0.347 e. The van der Waals surface area contributed by atoms with Crippen LogP contribution in [0.5, 0.6) is 5.75 Å². The minimum absolute atomic E-state index is 0.0395. The van der Waals surface area contributed by atoms with Crippen LogP contribution in [0.2, 0.25) is 0 Å². The number of carbonyl (C=O) groups excluding carboxylic acids is 1. The molecule has 1 N–H and O–H groups in total. The molecule has 1 aromatic rings. The molecule has 6 nitrogen and oxygen atoms in total. The van der Waals surface area contributed by atoms with Crippen LogP contribution in [0.25, 0.3) is 0 Å². The number of hydrogen-bond donors (Lipinski definition) is 1. The third-order valence-corrected chi connectivity index (χ3v) is 3.07. The lowest BCUT2D eigenvalue weighted by Crippen LogP contribution is -2.31. The predicted octanol–water partition coefficient (Wildman–Crippen LogP) is 1.29. The van der Waals surface area contributed by atoms with E-state index < -0.39 is 12.1 Å². The second kappa shape index (κ2) is 6.38. The number of carboxylic acids is 1. The van der Waals surface area contributed by atoms with Crippen molar-refractivity contribution in [2.24, 2.45) is 0 Å². The first-order chi connectivity index (χ1) is 9.61. The van der Waals surface area contributed by atoms with Crippen molar-refractivity contribution >= 4 is 17.6 Å². The van der Waals surface area contributed by atoms with Crippen molar-refractivity contribution in [1.82, 2.24) is 0 Å². The number of carbonyl (C=O) groups is 2. The summed E-state index contributed by atoms with van der Waals surface area (Å²) in [6, 6.07) is 6.88. The summed E-state index contributed by atoms with van der Waals surface area (Å²) in [5, 5.41) is 9.02. The molecule has 0 saturated carbocycles. The third kappa shape index (κ3) is 3.27. The Morgan fingerprint density at radius 3 is 2.90 bits per heavy atom. The van der Waals surface area contributed by atoms with E-state index in [4.69, 9.17) is 14.6 Å². The molecule has 0 spiro atoms. The lowest BCUT2D eigenvalue weighted by molar-refractivity contribution is -0.147. The van der Waals surface area contributed by atoms with Gasteiger partial charge in [-0.3, -0.25) is 4.79 Å². The summed E-state index contributed by atoms with van der Waals surface area (Å²) in [4.78, 5) is 24.4. The van der Waals surface area contributed by atoms with Gasteiger partial charge in [-0.1, -0.05) is 6.07 Å². The highest BCUT2D eigenvalue weighted by molar-refractivity contribution is 5.95. The molecule has 1 unspecified atom stereocenters. The molecule has 6 heteroatoms. The Labute approximate surface area is 116 Å². The average molecular weight is 279 g/mol. The first-order valence-corrected chi connectivity index (χ1v) is 6.40. The van der Waals surface area contributed by atoms with Crippen LogP contribution in [-0.2, 0) is 14.3 Å². The lowest BCUT2D eigenvalue weighted by atomic mass is 10.2. The van der Waals surface area contributed by atoms with E-state index in [0.29, 0.717) is 18.7 Å². The summed E-state index contributed by atoms with van der Waals surface area (Å²) in [6.07, 6.45) is 0.322. The van der Waals surface area contributed by atoms with Gasteiger partial charge in [0.2, 0.25) is 12.0 Å². The van der Waals surface area contributed by atoms with E-state index in [9.17, 15) is 9.59 Å². The molecule has 1 heterocycles. The number of ether oxygens (including phenoxy) is 2. The normalized spacial score (nSPS) is 16.2. The summed E-state index contributed by atoms with van der Waals surface area (Å²) >= 11 is 0. The standard InChI is InChI=1S/C14H17NO5/c1-19-9-12(14(17)18)20-11-5-2-4-10(8-11)15-7-3-6-13(15)16/h2,4-5,8,12H,3,6-7,9H2,1H3,(H,17,18). The van der Waals surface area contributed by atoms with Gasteiger partial charge >= 0.3 is 5.97 Å². The average Bonchev–Trinajstić information content (AvgIpc) is 2.85. The minimum atomic E-state index is -1.09. The van der Waals surface area contributed by atoms with Gasteiger partial charge in [0, 0.05) is 31.8 Å². The number of methoxy groups -OCH3 is 1. The Kier molecular flexibility index (Phi) is 4.57. The van der Waals surface area contributed by atoms with Gasteiger partial charge in [0.25, 0.3) is 0 Å². The molecule has 1 fully saturated rings. The van der Waals surface area contributed by atoms with Crippen molar-refractivity contribution in [3.8, 4) is 5.75 Å². The second-order valence-electron chi connectivity index (χ2n) is 4.55. The number of rotatable bonds is 6. The van der Waals surface area contributed by atoms with Gasteiger partial charge in [-0.15, -0.1) is 0 Å². The number of amides is 1. The fourth-order valence-corrected chi connectivity index (χ4v) is 2.12. The Bertz CT molecular complexity index is 502. The van der Waals surface area contributed by atoms with Crippen molar-refractivity contribution < 1.29 is 24.2 Å². The van der Waals surface area contributed by atoms with E-state index in [1.54, 1.807) is 23.1 Å². The molecule has 1 saturated heterocycles. The Morgan fingerprint density at radius 2 is 2.30 bits per heavy atom. The van der Waals surface area contributed by atoms with Crippen molar-refractivity contribution in [1.29, 1.82) is 0 Å².